The average molecular weight is 294 g/mol. The van der Waals surface area contributed by atoms with Gasteiger partial charge in [0.1, 0.15) is 13.6 Å². The fourth-order valence-corrected chi connectivity index (χ4v) is 1.06. The topological polar surface area (TPSA) is 55.4 Å². The van der Waals surface area contributed by atoms with E-state index >= 15 is 0 Å². The van der Waals surface area contributed by atoms with Crippen molar-refractivity contribution >= 4 is 0 Å². The van der Waals surface area contributed by atoms with Gasteiger partial charge < -0.3 is 28.4 Å². The standard InChI is InChI=1S/C14H30O6/c1-13(2)5-6-15-7-8-16-9-17-10-18-11-19-12-20-14(3)4/h13-14H,5-12H2,1-4H3. The molecule has 0 aliphatic heterocycles. The molecule has 0 aliphatic rings. The molecule has 0 amide bonds. The lowest BCUT2D eigenvalue weighted by Gasteiger charge is -2.09. The molecule has 0 spiro atoms. The van der Waals surface area contributed by atoms with E-state index in [9.17, 15) is 0 Å². The number of hydrogen-bond acceptors (Lipinski definition) is 6. The van der Waals surface area contributed by atoms with Crippen molar-refractivity contribution in [2.24, 2.45) is 5.92 Å². The van der Waals surface area contributed by atoms with Gasteiger partial charge in [-0.15, -0.1) is 0 Å². The van der Waals surface area contributed by atoms with Crippen molar-refractivity contribution in [1.82, 2.24) is 0 Å². The molecular formula is C14H30O6. The molecule has 0 bridgehead atoms. The minimum Gasteiger partial charge on any atom is -0.379 e. The van der Waals surface area contributed by atoms with Crippen LogP contribution in [0.1, 0.15) is 34.1 Å². The van der Waals surface area contributed by atoms with Gasteiger partial charge in [-0.05, 0) is 26.2 Å². The number of rotatable bonds is 15. The van der Waals surface area contributed by atoms with E-state index in [1.807, 2.05) is 13.8 Å². The summed E-state index contributed by atoms with van der Waals surface area (Å²) in [4.78, 5) is 0. The maximum Gasteiger partial charge on any atom is 0.152 e. The third-order valence-corrected chi connectivity index (χ3v) is 2.20. The fraction of sp³-hybridized carbons (Fsp3) is 1.00. The van der Waals surface area contributed by atoms with Crippen LogP contribution in [0.25, 0.3) is 0 Å². The zero-order valence-electron chi connectivity index (χ0n) is 13.3. The number of hydrogen-bond donors (Lipinski definition) is 0. The Labute approximate surface area is 122 Å². The molecule has 0 aromatic rings. The molecule has 6 nitrogen and oxygen atoms in total. The lowest BCUT2D eigenvalue weighted by Crippen LogP contribution is -2.12. The molecule has 0 atom stereocenters. The van der Waals surface area contributed by atoms with E-state index in [1.165, 1.54) is 0 Å². The molecule has 0 fully saturated rings. The summed E-state index contributed by atoms with van der Waals surface area (Å²) >= 11 is 0. The Morgan fingerprint density at radius 2 is 1.15 bits per heavy atom. The molecule has 0 N–H and O–H groups in total. The van der Waals surface area contributed by atoms with Crippen LogP contribution in [-0.4, -0.2) is 53.1 Å². The van der Waals surface area contributed by atoms with Crippen LogP contribution < -0.4 is 0 Å². The van der Waals surface area contributed by atoms with Gasteiger partial charge in [0.2, 0.25) is 0 Å². The summed E-state index contributed by atoms with van der Waals surface area (Å²) in [5.74, 6) is 0.671. The summed E-state index contributed by atoms with van der Waals surface area (Å²) in [6.45, 7) is 10.8. The SMILES string of the molecule is CC(C)CCOCCOCOCOCOCOC(C)C. The van der Waals surface area contributed by atoms with Crippen LogP contribution in [-0.2, 0) is 28.4 Å². The Bertz CT molecular complexity index is 167. The van der Waals surface area contributed by atoms with Crippen LogP contribution in [0, 0.1) is 5.92 Å². The van der Waals surface area contributed by atoms with Gasteiger partial charge in [-0.1, -0.05) is 13.8 Å². The van der Waals surface area contributed by atoms with Crippen molar-refractivity contribution in [1.29, 1.82) is 0 Å². The van der Waals surface area contributed by atoms with E-state index in [0.717, 1.165) is 13.0 Å². The van der Waals surface area contributed by atoms with Gasteiger partial charge in [-0.3, -0.25) is 0 Å². The first-order valence-electron chi connectivity index (χ1n) is 7.13. The molecule has 122 valence electrons. The first-order valence-corrected chi connectivity index (χ1v) is 7.13. The van der Waals surface area contributed by atoms with Crippen LogP contribution in [0.5, 0.6) is 0 Å². The van der Waals surface area contributed by atoms with Crippen molar-refractivity contribution in [3.8, 4) is 0 Å². The Kier molecular flexibility index (Phi) is 15.0. The lowest BCUT2D eigenvalue weighted by atomic mass is 10.1. The summed E-state index contributed by atoms with van der Waals surface area (Å²) in [5, 5.41) is 0. The minimum absolute atomic E-state index is 0.135. The Morgan fingerprint density at radius 3 is 1.75 bits per heavy atom. The van der Waals surface area contributed by atoms with Gasteiger partial charge in [-0.2, -0.15) is 0 Å². The smallest absolute Gasteiger partial charge is 0.152 e. The highest BCUT2D eigenvalue weighted by Crippen LogP contribution is 1.98. The highest BCUT2D eigenvalue weighted by atomic mass is 16.8. The van der Waals surface area contributed by atoms with E-state index in [1.54, 1.807) is 0 Å². The van der Waals surface area contributed by atoms with E-state index in [4.69, 9.17) is 28.4 Å². The van der Waals surface area contributed by atoms with E-state index in [2.05, 4.69) is 13.8 Å². The van der Waals surface area contributed by atoms with Crippen LogP contribution in [0.15, 0.2) is 0 Å². The molecule has 0 saturated carbocycles. The lowest BCUT2D eigenvalue weighted by molar-refractivity contribution is -0.197. The van der Waals surface area contributed by atoms with E-state index in [-0.39, 0.29) is 33.3 Å². The molecular weight excluding hydrogens is 264 g/mol. The second-order valence-electron chi connectivity index (χ2n) is 5.00. The molecule has 0 aliphatic carbocycles. The molecule has 0 radical (unpaired) electrons. The first kappa shape index (κ1) is 19.8. The van der Waals surface area contributed by atoms with Crippen LogP contribution >= 0.6 is 0 Å². The highest BCUT2D eigenvalue weighted by molar-refractivity contribution is 4.42. The second kappa shape index (κ2) is 15.2. The van der Waals surface area contributed by atoms with Crippen molar-refractivity contribution < 1.29 is 28.4 Å². The molecule has 6 heteroatoms. The Balaban J connectivity index is 2.96. The summed E-state index contributed by atoms with van der Waals surface area (Å²) in [6, 6.07) is 0. The first-order chi connectivity index (χ1) is 9.63. The van der Waals surface area contributed by atoms with Gasteiger partial charge >= 0.3 is 0 Å². The highest BCUT2D eigenvalue weighted by Gasteiger charge is 1.95. The van der Waals surface area contributed by atoms with Crippen molar-refractivity contribution in [3.05, 3.63) is 0 Å². The van der Waals surface area contributed by atoms with Gasteiger partial charge in [0.05, 0.1) is 19.3 Å². The van der Waals surface area contributed by atoms with Gasteiger partial charge in [0.15, 0.2) is 13.6 Å². The molecule has 0 aromatic heterocycles. The molecule has 20 heavy (non-hydrogen) atoms. The van der Waals surface area contributed by atoms with Crippen LogP contribution in [0.4, 0.5) is 0 Å². The Morgan fingerprint density at radius 1 is 0.600 bits per heavy atom. The maximum absolute atomic E-state index is 5.39. The summed E-state index contributed by atoms with van der Waals surface area (Å²) in [5.41, 5.74) is 0. The second-order valence-corrected chi connectivity index (χ2v) is 5.00. The zero-order chi connectivity index (χ0) is 15.1. The molecule has 0 unspecified atom stereocenters. The normalized spacial score (nSPS) is 11.7. The van der Waals surface area contributed by atoms with Crippen molar-refractivity contribution in [2.45, 2.75) is 40.2 Å². The average Bonchev–Trinajstić information content (AvgIpc) is 2.38. The third-order valence-electron chi connectivity index (χ3n) is 2.20. The molecule has 0 heterocycles. The minimum atomic E-state index is 0.135. The van der Waals surface area contributed by atoms with Crippen molar-refractivity contribution in [2.75, 3.05) is 47.0 Å². The summed E-state index contributed by atoms with van der Waals surface area (Å²) < 4.78 is 31.0. The monoisotopic (exact) mass is 294 g/mol. The predicted octanol–water partition coefficient (Wildman–Crippen LogP) is 2.37. The molecule has 0 aromatic carbocycles. The van der Waals surface area contributed by atoms with Crippen LogP contribution in [0.2, 0.25) is 0 Å². The van der Waals surface area contributed by atoms with Gasteiger partial charge in [0.25, 0.3) is 0 Å². The molecule has 0 rings (SSSR count). The quantitative estimate of drug-likeness (QED) is 0.341. The van der Waals surface area contributed by atoms with E-state index in [0.29, 0.717) is 19.1 Å². The van der Waals surface area contributed by atoms with Crippen molar-refractivity contribution in [3.63, 3.8) is 0 Å². The largest absolute Gasteiger partial charge is 0.379 e. The maximum atomic E-state index is 5.39. The predicted molar refractivity (Wildman–Crippen MR) is 75.2 cm³/mol. The van der Waals surface area contributed by atoms with Crippen LogP contribution in [0.3, 0.4) is 0 Å². The molecule has 0 saturated heterocycles. The fourth-order valence-electron chi connectivity index (χ4n) is 1.06. The Hall–Kier alpha value is -0.240. The third kappa shape index (κ3) is 17.8. The van der Waals surface area contributed by atoms with Gasteiger partial charge in [0, 0.05) is 6.61 Å². The zero-order valence-corrected chi connectivity index (χ0v) is 13.3. The van der Waals surface area contributed by atoms with Gasteiger partial charge in [-0.25, -0.2) is 0 Å². The summed E-state index contributed by atoms with van der Waals surface area (Å²) in [6.07, 6.45) is 1.23. The van der Waals surface area contributed by atoms with E-state index < -0.39 is 0 Å². The summed E-state index contributed by atoms with van der Waals surface area (Å²) in [7, 11) is 0. The number of ether oxygens (including phenoxy) is 6.